The second-order valence-corrected chi connectivity index (χ2v) is 4.17. The third-order valence-electron chi connectivity index (χ3n) is 2.15. The first kappa shape index (κ1) is 10.8. The van der Waals surface area contributed by atoms with Gasteiger partial charge in [0.05, 0.1) is 17.7 Å². The summed E-state index contributed by atoms with van der Waals surface area (Å²) in [6.07, 6.45) is 1.72. The van der Waals surface area contributed by atoms with E-state index in [9.17, 15) is 0 Å². The van der Waals surface area contributed by atoms with Gasteiger partial charge in [0.15, 0.2) is 0 Å². The highest BCUT2D eigenvalue weighted by atomic mass is 32.1. The fraction of sp³-hybridized carbons (Fsp3) is 0.300. The lowest BCUT2D eigenvalue weighted by atomic mass is 10.4. The van der Waals surface area contributed by atoms with Crippen LogP contribution < -0.4 is 10.6 Å². The number of aryl methyl sites for hydroxylation is 1. The van der Waals surface area contributed by atoms with Gasteiger partial charge in [-0.1, -0.05) is 0 Å². The molecule has 84 valence electrons. The van der Waals surface area contributed by atoms with Crippen molar-refractivity contribution < 1.29 is 0 Å². The van der Waals surface area contributed by atoms with Gasteiger partial charge in [-0.25, -0.2) is 9.97 Å². The minimum Gasteiger partial charge on any atom is -0.365 e. The number of rotatable bonds is 4. The van der Waals surface area contributed by atoms with E-state index in [0.717, 1.165) is 18.1 Å². The molecule has 0 bridgehead atoms. The molecule has 5 nitrogen and oxygen atoms in total. The third-order valence-corrected chi connectivity index (χ3v) is 3.09. The van der Waals surface area contributed by atoms with E-state index in [0.29, 0.717) is 5.95 Å². The number of nitrogens with one attached hydrogen (secondary N) is 2. The van der Waals surface area contributed by atoms with Crippen LogP contribution in [0.2, 0.25) is 0 Å². The highest BCUT2D eigenvalue weighted by molar-refractivity contribution is 7.09. The molecule has 0 aliphatic rings. The number of nitrogens with zero attached hydrogens (tertiary/aromatic N) is 3. The first-order valence-corrected chi connectivity index (χ1v) is 5.81. The van der Waals surface area contributed by atoms with Crippen LogP contribution in [0, 0.1) is 6.92 Å². The van der Waals surface area contributed by atoms with Gasteiger partial charge in [-0.15, -0.1) is 11.3 Å². The van der Waals surface area contributed by atoms with Crippen LogP contribution in [-0.4, -0.2) is 22.0 Å². The second-order valence-electron chi connectivity index (χ2n) is 3.23. The molecule has 0 aromatic carbocycles. The average Bonchev–Trinajstić information content (AvgIpc) is 2.72. The summed E-state index contributed by atoms with van der Waals surface area (Å²) in [5.74, 6) is 1.43. The lowest BCUT2D eigenvalue weighted by molar-refractivity contribution is 1.07. The van der Waals surface area contributed by atoms with E-state index in [2.05, 4.69) is 25.6 Å². The number of hydrogen-bond acceptors (Lipinski definition) is 6. The summed E-state index contributed by atoms with van der Waals surface area (Å²) in [5.41, 5.74) is 2.92. The van der Waals surface area contributed by atoms with Crippen LogP contribution in [0.25, 0.3) is 0 Å². The number of anilines is 2. The molecule has 2 heterocycles. The van der Waals surface area contributed by atoms with Gasteiger partial charge in [-0.3, -0.25) is 0 Å². The fourth-order valence-electron chi connectivity index (χ4n) is 1.24. The number of thiazole rings is 1. The minimum absolute atomic E-state index is 0.617. The maximum Gasteiger partial charge on any atom is 0.224 e. The van der Waals surface area contributed by atoms with Crippen molar-refractivity contribution in [2.75, 3.05) is 17.7 Å². The van der Waals surface area contributed by atoms with E-state index in [4.69, 9.17) is 0 Å². The molecule has 2 rings (SSSR count). The molecule has 0 saturated heterocycles. The number of hydrogen-bond donors (Lipinski definition) is 2. The van der Waals surface area contributed by atoms with Gasteiger partial charge in [0.2, 0.25) is 5.95 Å². The topological polar surface area (TPSA) is 62.7 Å². The molecule has 16 heavy (non-hydrogen) atoms. The molecule has 2 N–H and O–H groups in total. The van der Waals surface area contributed by atoms with Crippen LogP contribution in [0.15, 0.2) is 17.8 Å². The van der Waals surface area contributed by atoms with Crippen molar-refractivity contribution in [1.29, 1.82) is 0 Å². The maximum absolute atomic E-state index is 4.27. The van der Waals surface area contributed by atoms with Crippen LogP contribution in [0.1, 0.15) is 10.6 Å². The van der Waals surface area contributed by atoms with Gasteiger partial charge in [-0.05, 0) is 13.0 Å². The third kappa shape index (κ3) is 2.46. The highest BCUT2D eigenvalue weighted by Crippen LogP contribution is 2.14. The predicted molar refractivity (Wildman–Crippen MR) is 65.8 cm³/mol. The zero-order valence-electron chi connectivity index (χ0n) is 9.19. The summed E-state index contributed by atoms with van der Waals surface area (Å²) in [6.45, 7) is 2.75. The molecule has 0 spiro atoms. The number of aromatic nitrogens is 3. The first-order valence-electron chi connectivity index (χ1n) is 4.93. The summed E-state index contributed by atoms with van der Waals surface area (Å²) < 4.78 is 0. The first-order chi connectivity index (χ1) is 7.79. The highest BCUT2D eigenvalue weighted by Gasteiger charge is 2.02. The van der Waals surface area contributed by atoms with Crippen molar-refractivity contribution in [2.24, 2.45) is 0 Å². The molecule has 0 radical (unpaired) electrons. The van der Waals surface area contributed by atoms with E-state index in [-0.39, 0.29) is 0 Å². The molecule has 0 aliphatic carbocycles. The Labute approximate surface area is 98.0 Å². The molecule has 2 aromatic heterocycles. The van der Waals surface area contributed by atoms with Crippen molar-refractivity contribution in [3.63, 3.8) is 0 Å². The summed E-state index contributed by atoms with van der Waals surface area (Å²) in [7, 11) is 1.80. The van der Waals surface area contributed by atoms with Gasteiger partial charge < -0.3 is 10.6 Å². The zero-order valence-corrected chi connectivity index (χ0v) is 10.0. The maximum atomic E-state index is 4.27. The summed E-state index contributed by atoms with van der Waals surface area (Å²) >= 11 is 1.65. The predicted octanol–water partition coefficient (Wildman–Crippen LogP) is 1.90. The van der Waals surface area contributed by atoms with Crippen molar-refractivity contribution in [3.05, 3.63) is 28.3 Å². The van der Waals surface area contributed by atoms with Crippen molar-refractivity contribution in [2.45, 2.75) is 13.5 Å². The molecular formula is C10H13N5S. The van der Waals surface area contributed by atoms with Gasteiger partial charge in [0, 0.05) is 18.1 Å². The Morgan fingerprint density at radius 2 is 2.25 bits per heavy atom. The molecule has 2 aromatic rings. The summed E-state index contributed by atoms with van der Waals surface area (Å²) in [5, 5.41) is 6.14. The lowest BCUT2D eigenvalue weighted by Crippen LogP contribution is -2.03. The van der Waals surface area contributed by atoms with Crippen molar-refractivity contribution in [3.8, 4) is 0 Å². The molecule has 0 amide bonds. The Kier molecular flexibility index (Phi) is 3.31. The minimum atomic E-state index is 0.617. The average molecular weight is 235 g/mol. The monoisotopic (exact) mass is 235 g/mol. The van der Waals surface area contributed by atoms with Gasteiger partial charge >= 0.3 is 0 Å². The van der Waals surface area contributed by atoms with E-state index >= 15 is 0 Å². The second kappa shape index (κ2) is 4.89. The van der Waals surface area contributed by atoms with Gasteiger partial charge in [0.25, 0.3) is 0 Å². The van der Waals surface area contributed by atoms with Crippen LogP contribution in [0.4, 0.5) is 11.8 Å². The summed E-state index contributed by atoms with van der Waals surface area (Å²) in [4.78, 5) is 13.7. The lowest BCUT2D eigenvalue weighted by Gasteiger charge is -2.05. The van der Waals surface area contributed by atoms with Gasteiger partial charge in [0.1, 0.15) is 5.82 Å². The van der Waals surface area contributed by atoms with Crippen molar-refractivity contribution >= 4 is 23.1 Å². The van der Waals surface area contributed by atoms with Crippen LogP contribution in [0.5, 0.6) is 0 Å². The molecule has 0 unspecified atom stereocenters. The van der Waals surface area contributed by atoms with Crippen LogP contribution in [0.3, 0.4) is 0 Å². The van der Waals surface area contributed by atoms with Crippen LogP contribution >= 0.6 is 11.3 Å². The van der Waals surface area contributed by atoms with E-state index < -0.39 is 0 Å². The molecular weight excluding hydrogens is 222 g/mol. The smallest absolute Gasteiger partial charge is 0.224 e. The normalized spacial score (nSPS) is 10.1. The Balaban J connectivity index is 2.02. The molecule has 0 fully saturated rings. The Hall–Kier alpha value is -1.69. The zero-order chi connectivity index (χ0) is 11.4. The quantitative estimate of drug-likeness (QED) is 0.847. The Morgan fingerprint density at radius 3 is 2.94 bits per heavy atom. The van der Waals surface area contributed by atoms with E-state index in [1.807, 2.05) is 18.5 Å². The van der Waals surface area contributed by atoms with E-state index in [1.165, 1.54) is 4.88 Å². The Bertz CT molecular complexity index is 468. The van der Waals surface area contributed by atoms with Crippen molar-refractivity contribution in [1.82, 2.24) is 15.0 Å². The molecule has 0 aliphatic heterocycles. The SMILES string of the molecule is CNc1nccc(NCc2scnc2C)n1. The molecule has 0 saturated carbocycles. The standard InChI is InChI=1S/C10H13N5S/c1-7-8(16-6-14-7)5-13-9-3-4-12-10(11-2)15-9/h3-4,6H,5H2,1-2H3,(H2,11,12,13,15). The summed E-state index contributed by atoms with van der Waals surface area (Å²) in [6, 6.07) is 1.84. The van der Waals surface area contributed by atoms with Gasteiger partial charge in [-0.2, -0.15) is 4.98 Å². The Morgan fingerprint density at radius 1 is 1.38 bits per heavy atom. The van der Waals surface area contributed by atoms with Crippen LogP contribution in [-0.2, 0) is 6.54 Å². The largest absolute Gasteiger partial charge is 0.365 e. The molecule has 6 heteroatoms. The van der Waals surface area contributed by atoms with E-state index in [1.54, 1.807) is 24.6 Å². The fourth-order valence-corrected chi connectivity index (χ4v) is 1.96. The molecule has 0 atom stereocenters.